The number of urea groups is 1. The van der Waals surface area contributed by atoms with Crippen LogP contribution in [0.1, 0.15) is 40.5 Å². The fourth-order valence-corrected chi connectivity index (χ4v) is 2.62. The minimum Gasteiger partial charge on any atom is -0.480 e. The Bertz CT molecular complexity index is 357. The van der Waals surface area contributed by atoms with E-state index >= 15 is 0 Å². The lowest BCUT2D eigenvalue weighted by atomic mass is 9.91. The zero-order valence-corrected chi connectivity index (χ0v) is 12.8. The monoisotopic (exact) mass is 286 g/mol. The van der Waals surface area contributed by atoms with E-state index in [0.717, 1.165) is 12.8 Å². The Morgan fingerprint density at radius 1 is 1.45 bits per heavy atom. The molecule has 2 amide bonds. The number of piperidine rings is 1. The maximum atomic E-state index is 12.2. The molecule has 0 saturated carbocycles. The van der Waals surface area contributed by atoms with Crippen molar-refractivity contribution in [2.24, 2.45) is 5.92 Å². The molecule has 0 aromatic rings. The minimum atomic E-state index is -0.934. The Balaban J connectivity index is 2.63. The van der Waals surface area contributed by atoms with Crippen LogP contribution in [0.25, 0.3) is 0 Å². The molecule has 0 radical (unpaired) electrons. The number of amides is 2. The van der Waals surface area contributed by atoms with Gasteiger partial charge in [0, 0.05) is 19.7 Å². The van der Waals surface area contributed by atoms with E-state index in [1.807, 2.05) is 27.7 Å². The van der Waals surface area contributed by atoms with E-state index < -0.39 is 17.6 Å². The van der Waals surface area contributed by atoms with Gasteiger partial charge in [0.15, 0.2) is 0 Å². The highest BCUT2D eigenvalue weighted by atomic mass is 16.5. The molecule has 2 N–H and O–H groups in total. The van der Waals surface area contributed by atoms with Gasteiger partial charge in [-0.15, -0.1) is 0 Å². The number of carboxylic acid groups (broad SMARTS) is 1. The molecule has 1 heterocycles. The Morgan fingerprint density at radius 2 is 2.10 bits per heavy atom. The van der Waals surface area contributed by atoms with Gasteiger partial charge >= 0.3 is 12.0 Å². The van der Waals surface area contributed by atoms with Crippen LogP contribution in [0.4, 0.5) is 4.79 Å². The molecule has 1 aliphatic heterocycles. The Labute approximate surface area is 120 Å². The second kappa shape index (κ2) is 6.92. The predicted octanol–water partition coefficient (Wildman–Crippen LogP) is 1.70. The minimum absolute atomic E-state index is 0.0214. The molecule has 0 aromatic heterocycles. The molecule has 0 aromatic carbocycles. The molecular formula is C14H26N2O4. The van der Waals surface area contributed by atoms with Gasteiger partial charge < -0.3 is 20.1 Å². The lowest BCUT2D eigenvalue weighted by molar-refractivity contribution is -0.145. The van der Waals surface area contributed by atoms with Crippen LogP contribution in [-0.4, -0.2) is 53.3 Å². The molecular weight excluding hydrogens is 260 g/mol. The zero-order valence-electron chi connectivity index (χ0n) is 12.8. The number of carboxylic acids is 1. The number of carbonyl (C=O) groups excluding carboxylic acids is 1. The van der Waals surface area contributed by atoms with Crippen LogP contribution in [-0.2, 0) is 9.53 Å². The van der Waals surface area contributed by atoms with Crippen LogP contribution in [0.15, 0.2) is 0 Å². The van der Waals surface area contributed by atoms with Crippen LogP contribution in [0.5, 0.6) is 0 Å². The second-order valence-electron chi connectivity index (χ2n) is 5.95. The van der Waals surface area contributed by atoms with E-state index in [9.17, 15) is 14.7 Å². The summed E-state index contributed by atoms with van der Waals surface area (Å²) in [6.45, 7) is 8.98. The summed E-state index contributed by atoms with van der Waals surface area (Å²) in [5.41, 5.74) is -0.454. The number of carbonyl (C=O) groups is 2. The van der Waals surface area contributed by atoms with Gasteiger partial charge in [-0.1, -0.05) is 6.92 Å². The van der Waals surface area contributed by atoms with Crippen LogP contribution in [0.3, 0.4) is 0 Å². The SMILES string of the molecule is CCOC(C)(C)CNC(=O)N1CCCC(C)C1C(=O)O. The van der Waals surface area contributed by atoms with Crippen LogP contribution in [0, 0.1) is 5.92 Å². The first-order chi connectivity index (χ1) is 9.28. The molecule has 0 aliphatic carbocycles. The third-order valence-electron chi connectivity index (χ3n) is 3.65. The van der Waals surface area contributed by atoms with Crippen molar-refractivity contribution in [3.8, 4) is 0 Å². The zero-order chi connectivity index (χ0) is 15.3. The van der Waals surface area contributed by atoms with Gasteiger partial charge in [0.05, 0.1) is 5.60 Å². The van der Waals surface area contributed by atoms with E-state index in [-0.39, 0.29) is 11.9 Å². The van der Waals surface area contributed by atoms with E-state index in [2.05, 4.69) is 5.32 Å². The molecule has 1 fully saturated rings. The number of ether oxygens (including phenoxy) is 1. The van der Waals surface area contributed by atoms with Gasteiger partial charge in [-0.25, -0.2) is 9.59 Å². The van der Waals surface area contributed by atoms with Crippen molar-refractivity contribution in [1.82, 2.24) is 10.2 Å². The maximum Gasteiger partial charge on any atom is 0.326 e. The summed E-state index contributed by atoms with van der Waals surface area (Å²) < 4.78 is 5.51. The van der Waals surface area contributed by atoms with E-state index in [1.165, 1.54) is 4.90 Å². The largest absolute Gasteiger partial charge is 0.480 e. The Hall–Kier alpha value is -1.30. The number of rotatable bonds is 5. The lowest BCUT2D eigenvalue weighted by Crippen LogP contribution is -2.56. The van der Waals surface area contributed by atoms with E-state index in [1.54, 1.807) is 0 Å². The van der Waals surface area contributed by atoms with Crippen molar-refractivity contribution in [2.75, 3.05) is 19.7 Å². The number of hydrogen-bond donors (Lipinski definition) is 2. The molecule has 20 heavy (non-hydrogen) atoms. The second-order valence-corrected chi connectivity index (χ2v) is 5.95. The molecule has 1 aliphatic rings. The van der Waals surface area contributed by atoms with Gasteiger partial charge in [-0.3, -0.25) is 0 Å². The van der Waals surface area contributed by atoms with Crippen molar-refractivity contribution in [2.45, 2.75) is 52.2 Å². The summed E-state index contributed by atoms with van der Waals surface area (Å²) in [6.07, 6.45) is 1.68. The first kappa shape index (κ1) is 16.8. The topological polar surface area (TPSA) is 78.9 Å². The number of nitrogens with one attached hydrogen (secondary N) is 1. The molecule has 1 rings (SSSR count). The molecule has 2 unspecified atom stereocenters. The van der Waals surface area contributed by atoms with Crippen molar-refractivity contribution in [1.29, 1.82) is 0 Å². The van der Waals surface area contributed by atoms with Crippen molar-refractivity contribution >= 4 is 12.0 Å². The highest BCUT2D eigenvalue weighted by Gasteiger charge is 2.37. The summed E-state index contributed by atoms with van der Waals surface area (Å²) in [6, 6.07) is -1.06. The summed E-state index contributed by atoms with van der Waals surface area (Å²) in [5.74, 6) is -0.955. The van der Waals surface area contributed by atoms with E-state index in [0.29, 0.717) is 19.7 Å². The fourth-order valence-electron chi connectivity index (χ4n) is 2.62. The first-order valence-corrected chi connectivity index (χ1v) is 7.19. The standard InChI is InChI=1S/C14H26N2O4/c1-5-20-14(3,4)9-15-13(19)16-8-6-7-10(2)11(16)12(17)18/h10-11H,5-9H2,1-4H3,(H,15,19)(H,17,18). The summed E-state index contributed by atoms with van der Waals surface area (Å²) in [5, 5.41) is 12.1. The number of nitrogens with zero attached hydrogens (tertiary/aromatic N) is 1. The average Bonchev–Trinajstić information content (AvgIpc) is 2.35. The van der Waals surface area contributed by atoms with Crippen molar-refractivity contribution in [3.63, 3.8) is 0 Å². The van der Waals surface area contributed by atoms with Crippen LogP contribution in [0.2, 0.25) is 0 Å². The van der Waals surface area contributed by atoms with Gasteiger partial charge in [0.2, 0.25) is 0 Å². The van der Waals surface area contributed by atoms with Crippen LogP contribution < -0.4 is 5.32 Å². The molecule has 6 heteroatoms. The van der Waals surface area contributed by atoms with Gasteiger partial charge in [-0.2, -0.15) is 0 Å². The quantitative estimate of drug-likeness (QED) is 0.806. The summed E-state index contributed by atoms with van der Waals surface area (Å²) >= 11 is 0. The smallest absolute Gasteiger partial charge is 0.326 e. The molecule has 0 bridgehead atoms. The summed E-state index contributed by atoms with van der Waals surface area (Å²) in [4.78, 5) is 25.0. The maximum absolute atomic E-state index is 12.2. The number of hydrogen-bond acceptors (Lipinski definition) is 3. The fraction of sp³-hybridized carbons (Fsp3) is 0.857. The molecule has 1 saturated heterocycles. The third-order valence-corrected chi connectivity index (χ3v) is 3.65. The lowest BCUT2D eigenvalue weighted by Gasteiger charge is -2.37. The first-order valence-electron chi connectivity index (χ1n) is 7.19. The van der Waals surface area contributed by atoms with Crippen molar-refractivity contribution < 1.29 is 19.4 Å². The molecule has 2 atom stereocenters. The highest BCUT2D eigenvalue weighted by molar-refractivity contribution is 5.83. The Morgan fingerprint density at radius 3 is 2.65 bits per heavy atom. The molecule has 116 valence electrons. The van der Waals surface area contributed by atoms with E-state index in [4.69, 9.17) is 4.74 Å². The number of aliphatic carboxylic acids is 1. The number of likely N-dealkylation sites (tertiary alicyclic amines) is 1. The Kier molecular flexibility index (Phi) is 5.80. The van der Waals surface area contributed by atoms with Gasteiger partial charge in [-0.05, 0) is 39.5 Å². The van der Waals surface area contributed by atoms with Gasteiger partial charge in [0.25, 0.3) is 0 Å². The highest BCUT2D eigenvalue weighted by Crippen LogP contribution is 2.23. The summed E-state index contributed by atoms with van der Waals surface area (Å²) in [7, 11) is 0. The average molecular weight is 286 g/mol. The third kappa shape index (κ3) is 4.37. The molecule has 6 nitrogen and oxygen atoms in total. The normalized spacial score (nSPS) is 23.5. The molecule has 0 spiro atoms. The predicted molar refractivity (Wildman–Crippen MR) is 75.6 cm³/mol. The van der Waals surface area contributed by atoms with Crippen LogP contribution >= 0.6 is 0 Å². The van der Waals surface area contributed by atoms with Gasteiger partial charge in [0.1, 0.15) is 6.04 Å². The van der Waals surface area contributed by atoms with Crippen molar-refractivity contribution in [3.05, 3.63) is 0 Å².